The molecule has 0 amide bonds. The summed E-state index contributed by atoms with van der Waals surface area (Å²) in [5.41, 5.74) is 13.9. The van der Waals surface area contributed by atoms with E-state index in [0.29, 0.717) is 50.1 Å². The second-order valence-electron chi connectivity index (χ2n) is 15.4. The number of ether oxygens (including phenoxy) is 2. The Morgan fingerprint density at radius 1 is 1.11 bits per heavy atom. The molecule has 5 heterocycles. The first kappa shape index (κ1) is 35.4. The zero-order valence-corrected chi connectivity index (χ0v) is 30.4. The molecule has 1 saturated carbocycles. The highest BCUT2D eigenvalue weighted by Gasteiger charge is 2.48. The maximum absolute atomic E-state index is 12.8. The Morgan fingerprint density at radius 2 is 1.96 bits per heavy atom. The van der Waals surface area contributed by atoms with E-state index in [0.717, 1.165) is 89.6 Å². The van der Waals surface area contributed by atoms with E-state index in [1.54, 1.807) is 0 Å². The molecule has 9 heteroatoms. The number of benzene rings is 2. The molecule has 6 aliphatic rings. The number of rotatable bonds is 9. The summed E-state index contributed by atoms with van der Waals surface area (Å²) in [7, 11) is 0. The summed E-state index contributed by atoms with van der Waals surface area (Å²) in [4.78, 5) is 24.3. The lowest BCUT2D eigenvalue weighted by molar-refractivity contribution is -0.121. The van der Waals surface area contributed by atoms with Crippen LogP contribution in [0.1, 0.15) is 111 Å². The van der Waals surface area contributed by atoms with Crippen molar-refractivity contribution in [3.05, 3.63) is 81.2 Å². The van der Waals surface area contributed by atoms with E-state index < -0.39 is 35.9 Å². The van der Waals surface area contributed by atoms with Crippen molar-refractivity contribution < 1.29 is 24.5 Å². The van der Waals surface area contributed by atoms with Gasteiger partial charge in [0.2, 0.25) is 0 Å². The van der Waals surface area contributed by atoms with Crippen molar-refractivity contribution in [1.82, 2.24) is 4.90 Å². The Kier molecular flexibility index (Phi) is 10.0. The fraction of sp³-hybridized carbons (Fsp3) is 0.477. The van der Waals surface area contributed by atoms with Crippen LogP contribution in [0.5, 0.6) is 11.5 Å². The van der Waals surface area contributed by atoms with Gasteiger partial charge in [0.1, 0.15) is 24.2 Å². The standard InChI is InChI=1S/C44H48N4O5/c1-2-3-4-7-30(49)24-31(50)10-8-28-9-15-40-41(22-28)53-43-37(44(19-21-52-40)17-5-6-18-44)13-14-39(51)33-11-12-34-32(16-20-46-42(34)45)35(33)23-29-25-47-38-27-48(43)26-36(29)38/h9,11-12,15,20,22,25,27,30,37,39,42-43,49,51H,2-8,10,16-18,23-24,26,45H2,1H3. The monoisotopic (exact) mass is 712 g/mol. The number of aryl methyl sites for hydroxylation is 1. The minimum absolute atomic E-state index is 0.0508. The lowest BCUT2D eigenvalue weighted by Gasteiger charge is -2.39. The molecular formula is C44H48N4O5. The molecule has 1 fully saturated rings. The number of fused-ring (bicyclic) bond motifs is 8. The summed E-state index contributed by atoms with van der Waals surface area (Å²) < 4.78 is 13.2. The van der Waals surface area contributed by atoms with E-state index >= 15 is 0 Å². The molecule has 2 aromatic rings. The molecule has 0 aromatic heterocycles. The summed E-state index contributed by atoms with van der Waals surface area (Å²) in [5, 5.41) is 22.3. The Bertz CT molecular complexity index is 2030. The molecule has 0 radical (unpaired) electrons. The summed E-state index contributed by atoms with van der Waals surface area (Å²) in [6, 6.07) is 9.72. The van der Waals surface area contributed by atoms with E-state index in [2.05, 4.69) is 46.9 Å². The SMILES string of the molecule is CCCCCC(O)CC(=O)CCc1ccc2c(c1)OC1C(C#CC(O)c3ccc4c(c3CC3=C5CN1C=C5N=C3)CC=NC4N)C1(C#CO2)CCCC1. The molecule has 9 nitrogen and oxygen atoms in total. The number of unbranched alkanes of at least 4 members (excludes halogenated alkanes) is 2. The van der Waals surface area contributed by atoms with Crippen molar-refractivity contribution in [1.29, 1.82) is 0 Å². The molecule has 1 aliphatic carbocycles. The fourth-order valence-electron chi connectivity index (χ4n) is 8.86. The molecule has 8 rings (SSSR count). The third kappa shape index (κ3) is 7.06. The number of carbonyl (C=O) groups is 1. The number of nitrogens with zero attached hydrogens (tertiary/aromatic N) is 3. The Morgan fingerprint density at radius 3 is 2.81 bits per heavy atom. The van der Waals surface area contributed by atoms with E-state index in [9.17, 15) is 15.0 Å². The zero-order chi connectivity index (χ0) is 36.5. The van der Waals surface area contributed by atoms with Crippen molar-refractivity contribution in [2.45, 2.75) is 115 Å². The third-order valence-corrected chi connectivity index (χ3v) is 11.8. The van der Waals surface area contributed by atoms with Gasteiger partial charge in [-0.3, -0.25) is 14.8 Å². The molecule has 1 spiro atoms. The molecule has 5 aliphatic heterocycles. The van der Waals surface area contributed by atoms with Gasteiger partial charge in [-0.05, 0) is 71.2 Å². The largest absolute Gasteiger partial charge is 0.465 e. The van der Waals surface area contributed by atoms with E-state index in [1.165, 1.54) is 0 Å². The van der Waals surface area contributed by atoms with E-state index in [-0.39, 0.29) is 12.2 Å². The number of allylic oxidation sites excluding steroid dienone is 1. The van der Waals surface area contributed by atoms with Gasteiger partial charge in [0, 0.05) is 56.4 Å². The number of aliphatic hydroxyl groups excluding tert-OH is 2. The van der Waals surface area contributed by atoms with Crippen LogP contribution in [0.25, 0.3) is 0 Å². The van der Waals surface area contributed by atoms with Gasteiger partial charge in [0.15, 0.2) is 17.7 Å². The van der Waals surface area contributed by atoms with Gasteiger partial charge in [0.05, 0.1) is 23.1 Å². The maximum Gasteiger partial charge on any atom is 0.187 e. The van der Waals surface area contributed by atoms with Crippen LogP contribution in [-0.2, 0) is 24.1 Å². The number of carbonyl (C=O) groups excluding carboxylic acids is 1. The van der Waals surface area contributed by atoms with Crippen molar-refractivity contribution >= 4 is 18.2 Å². The van der Waals surface area contributed by atoms with Crippen molar-refractivity contribution in [3.63, 3.8) is 0 Å². The fourth-order valence-corrected chi connectivity index (χ4v) is 8.86. The third-order valence-electron chi connectivity index (χ3n) is 11.8. The predicted molar refractivity (Wildman–Crippen MR) is 204 cm³/mol. The number of Topliss-reactive ketones (excluding diaryl/α,β-unsaturated/α-hetero) is 1. The van der Waals surface area contributed by atoms with E-state index in [1.807, 2.05) is 42.8 Å². The summed E-state index contributed by atoms with van der Waals surface area (Å²) in [6.07, 6.45) is 16.0. The first-order chi connectivity index (χ1) is 25.8. The summed E-state index contributed by atoms with van der Waals surface area (Å²) >= 11 is 0. The Hall–Kier alpha value is -4.67. The summed E-state index contributed by atoms with van der Waals surface area (Å²) in [6.45, 7) is 2.72. The Balaban J connectivity index is 1.15. The van der Waals surface area contributed by atoms with Gasteiger partial charge >= 0.3 is 0 Å². The molecule has 274 valence electrons. The molecule has 0 saturated heterocycles. The Labute approximate surface area is 312 Å². The van der Waals surface area contributed by atoms with Gasteiger partial charge in [-0.2, -0.15) is 0 Å². The smallest absolute Gasteiger partial charge is 0.187 e. The minimum Gasteiger partial charge on any atom is -0.465 e. The molecule has 4 N–H and O–H groups in total. The predicted octanol–water partition coefficient (Wildman–Crippen LogP) is 6.17. The highest BCUT2D eigenvalue weighted by Crippen LogP contribution is 2.49. The maximum atomic E-state index is 12.8. The lowest BCUT2D eigenvalue weighted by atomic mass is 9.73. The topological polar surface area (TPSA) is 130 Å². The minimum atomic E-state index is -1.04. The molecular weight excluding hydrogens is 665 g/mol. The van der Waals surface area contributed by atoms with Crippen molar-refractivity contribution in [3.8, 4) is 35.4 Å². The quantitative estimate of drug-likeness (QED) is 0.210. The van der Waals surface area contributed by atoms with Crippen molar-refractivity contribution in [2.75, 3.05) is 6.54 Å². The molecule has 2 bridgehead atoms. The normalized spacial score (nSPS) is 24.9. The highest BCUT2D eigenvalue weighted by molar-refractivity contribution is 5.88. The summed E-state index contributed by atoms with van der Waals surface area (Å²) in [5.74, 6) is 11.1. The molecule has 5 unspecified atom stereocenters. The first-order valence-electron chi connectivity index (χ1n) is 19.3. The number of hydrogen-bond acceptors (Lipinski definition) is 9. The van der Waals surface area contributed by atoms with Gasteiger partial charge in [-0.1, -0.05) is 75.0 Å². The second-order valence-corrected chi connectivity index (χ2v) is 15.4. The van der Waals surface area contributed by atoms with Crippen LogP contribution in [0, 0.1) is 35.2 Å². The number of aliphatic hydroxyl groups is 2. The highest BCUT2D eigenvalue weighted by atomic mass is 16.5. The van der Waals surface area contributed by atoms with Crippen LogP contribution in [0.2, 0.25) is 0 Å². The van der Waals surface area contributed by atoms with Crippen LogP contribution in [0.15, 0.2) is 63.4 Å². The lowest BCUT2D eigenvalue weighted by Crippen LogP contribution is -2.47. The van der Waals surface area contributed by atoms with Crippen LogP contribution in [0.3, 0.4) is 0 Å². The van der Waals surface area contributed by atoms with Crippen LogP contribution >= 0.6 is 0 Å². The van der Waals surface area contributed by atoms with E-state index in [4.69, 9.17) is 20.2 Å². The number of nitrogens with two attached hydrogens (primary N) is 1. The van der Waals surface area contributed by atoms with Crippen LogP contribution < -0.4 is 15.2 Å². The van der Waals surface area contributed by atoms with Gasteiger partial charge in [-0.25, -0.2) is 0 Å². The van der Waals surface area contributed by atoms with Gasteiger partial charge in [0.25, 0.3) is 0 Å². The number of aliphatic imine (C=N–C) groups is 2. The van der Waals surface area contributed by atoms with Crippen LogP contribution in [0.4, 0.5) is 0 Å². The average molecular weight is 713 g/mol. The first-order valence-corrected chi connectivity index (χ1v) is 19.3. The molecule has 53 heavy (non-hydrogen) atoms. The second kappa shape index (κ2) is 15.0. The van der Waals surface area contributed by atoms with Crippen molar-refractivity contribution in [2.24, 2.45) is 27.1 Å². The molecule has 5 atom stereocenters. The van der Waals surface area contributed by atoms with Gasteiger partial charge in [-0.15, -0.1) is 0 Å². The van der Waals surface area contributed by atoms with Crippen LogP contribution in [-0.4, -0.2) is 52.2 Å². The average Bonchev–Trinajstić information content (AvgIpc) is 3.89. The van der Waals surface area contributed by atoms with Gasteiger partial charge < -0.3 is 30.3 Å². The molecule has 2 aromatic carbocycles. The zero-order valence-electron chi connectivity index (χ0n) is 30.4. The number of ketones is 1. The number of hydrogen-bond donors (Lipinski definition) is 3.